The number of methoxy groups -OCH3 is 2. The second-order valence-corrected chi connectivity index (χ2v) is 19.7. The molecule has 392 valence electrons. The van der Waals surface area contributed by atoms with Gasteiger partial charge in [-0.05, 0) is 50.5 Å². The van der Waals surface area contributed by atoms with Gasteiger partial charge in [-0.15, -0.1) is 0 Å². The van der Waals surface area contributed by atoms with Gasteiger partial charge in [0.2, 0.25) is 17.7 Å². The van der Waals surface area contributed by atoms with Crippen LogP contribution in [0.1, 0.15) is 92.6 Å². The minimum Gasteiger partial charge on any atom is -0.511 e. The molecular weight excluding hydrogens is 919 g/mol. The van der Waals surface area contributed by atoms with E-state index in [4.69, 9.17) is 35.9 Å². The Bertz CT molecular complexity index is 1910. The average molecular weight is 1000 g/mol. The number of nitrogens with one attached hydrogen (secondary N) is 2. The van der Waals surface area contributed by atoms with Gasteiger partial charge in [-0.3, -0.25) is 33.7 Å². The highest BCUT2D eigenvalue weighted by molar-refractivity contribution is 7.80. The van der Waals surface area contributed by atoms with E-state index in [2.05, 4.69) is 17.2 Å². The predicted octanol–water partition coefficient (Wildman–Crippen LogP) is 5.00. The van der Waals surface area contributed by atoms with Crippen LogP contribution in [0.25, 0.3) is 0 Å². The van der Waals surface area contributed by atoms with Crippen molar-refractivity contribution in [1.82, 2.24) is 25.3 Å². The Labute approximate surface area is 421 Å². The van der Waals surface area contributed by atoms with Gasteiger partial charge in [0.05, 0.1) is 93.5 Å². The monoisotopic (exact) mass is 1000 g/mol. The third kappa shape index (κ3) is 17.9. The summed E-state index contributed by atoms with van der Waals surface area (Å²) in [5.74, 6) is -3.10. The molecule has 2 aliphatic rings. The number of ether oxygens (including phenoxy) is 5. The molecule has 2 heterocycles. The topological polar surface area (TPSA) is 203 Å². The molecule has 0 radical (unpaired) electrons. The van der Waals surface area contributed by atoms with Crippen LogP contribution in [0, 0.1) is 23.7 Å². The summed E-state index contributed by atoms with van der Waals surface area (Å²) in [7, 11) is 4.88. The maximum absolute atomic E-state index is 14.5. The minimum atomic E-state index is -1.27. The molecule has 8 atom stereocenters. The first-order valence-corrected chi connectivity index (χ1v) is 25.0. The largest absolute Gasteiger partial charge is 0.511 e. The molecule has 0 bridgehead atoms. The van der Waals surface area contributed by atoms with E-state index >= 15 is 0 Å². The number of amides is 5. The molecule has 18 heteroatoms. The second-order valence-electron chi connectivity index (χ2n) is 19.2. The summed E-state index contributed by atoms with van der Waals surface area (Å²) in [4.78, 5) is 84.0. The molecule has 1 fully saturated rings. The van der Waals surface area contributed by atoms with Crippen molar-refractivity contribution in [3.8, 4) is 0 Å². The lowest BCUT2D eigenvalue weighted by atomic mass is 9.82. The number of nitrogens with zero attached hydrogens (tertiary/aromatic N) is 3. The first-order chi connectivity index (χ1) is 33.2. The smallest absolute Gasteiger partial charge is 0.253 e. The Morgan fingerprint density at radius 1 is 0.914 bits per heavy atom. The predicted molar refractivity (Wildman–Crippen MR) is 271 cm³/mol. The molecule has 17 nitrogen and oxygen atoms in total. The molecule has 0 saturated carbocycles. The number of likely N-dealkylation sites (tertiary alicyclic amines) is 1. The summed E-state index contributed by atoms with van der Waals surface area (Å²) in [5.41, 5.74) is -0.253. The van der Waals surface area contributed by atoms with Crippen molar-refractivity contribution in [3.63, 3.8) is 0 Å². The Morgan fingerprint density at radius 3 is 2.07 bits per heavy atom. The van der Waals surface area contributed by atoms with Gasteiger partial charge in [0.15, 0.2) is 5.78 Å². The SMILES string of the molecule is C=C(O)[C@H](Cc1ccccc1)NC(=S)[C@H](C)[C@@H](OC)[C@@H]1CCCN1C(=O)C[C@@H](OC)[C@H]([C@@H](C)CC)N(C)C(=O)[C@@H](CC(=O)C(C)(C)NC(=O)CCOCCOCCOCCN1C(=O)C=CC1=O)C(C)C. The number of hydrogen-bond donors (Lipinski definition) is 3. The summed E-state index contributed by atoms with van der Waals surface area (Å²) in [6, 6.07) is 8.47. The zero-order valence-electron chi connectivity index (χ0n) is 43.2. The number of carbonyl (C=O) groups is 6. The number of aliphatic hydroxyl groups is 1. The number of aliphatic hydroxyl groups excluding tert-OH is 1. The Balaban J connectivity index is 1.55. The van der Waals surface area contributed by atoms with Gasteiger partial charge in [0.25, 0.3) is 11.8 Å². The number of benzene rings is 1. The van der Waals surface area contributed by atoms with E-state index in [1.165, 1.54) is 12.2 Å². The van der Waals surface area contributed by atoms with E-state index in [0.717, 1.165) is 16.9 Å². The molecule has 2 aliphatic heterocycles. The molecule has 3 rings (SSSR count). The fourth-order valence-electron chi connectivity index (χ4n) is 9.03. The summed E-state index contributed by atoms with van der Waals surface area (Å²) in [6.45, 7) is 18.9. The number of rotatable bonds is 33. The Hall–Kier alpha value is -4.59. The van der Waals surface area contributed by atoms with Gasteiger partial charge < -0.3 is 49.2 Å². The highest BCUT2D eigenvalue weighted by Gasteiger charge is 2.43. The zero-order chi connectivity index (χ0) is 52.1. The lowest BCUT2D eigenvalue weighted by Gasteiger charge is -2.41. The van der Waals surface area contributed by atoms with Gasteiger partial charge in [0, 0.05) is 64.6 Å². The normalized spacial score (nSPS) is 18.0. The Kier molecular flexibility index (Phi) is 25.3. The van der Waals surface area contributed by atoms with Crippen molar-refractivity contribution in [2.75, 3.05) is 74.0 Å². The van der Waals surface area contributed by atoms with Crippen LogP contribution in [0.15, 0.2) is 54.8 Å². The lowest BCUT2D eigenvalue weighted by Crippen LogP contribution is -2.55. The maximum atomic E-state index is 14.5. The fourth-order valence-corrected chi connectivity index (χ4v) is 9.31. The second kappa shape index (κ2) is 29.7. The average Bonchev–Trinajstić information content (AvgIpc) is 3.94. The molecule has 1 saturated heterocycles. The van der Waals surface area contributed by atoms with E-state index in [1.807, 2.05) is 69.9 Å². The molecule has 1 aromatic carbocycles. The van der Waals surface area contributed by atoms with Gasteiger partial charge in [-0.1, -0.05) is 90.2 Å². The molecule has 0 spiro atoms. The molecule has 0 aliphatic carbocycles. The molecule has 3 N–H and O–H groups in total. The number of ketones is 1. The Morgan fingerprint density at radius 2 is 1.51 bits per heavy atom. The fraction of sp³-hybridized carbons (Fsp3) is 0.673. The van der Waals surface area contributed by atoms with E-state index < -0.39 is 35.7 Å². The van der Waals surface area contributed by atoms with Gasteiger partial charge in [0.1, 0.15) is 5.76 Å². The number of thiocarbonyl (C=S) groups is 1. The zero-order valence-corrected chi connectivity index (χ0v) is 44.1. The standard InChI is InChI=1S/C52H81N5O12S/c1-12-35(4)48(42(65-10)33-47(63)56-23-16-19-41(56)49(66-11)36(5)50(70)53-40(37(6)58)31-38-17-14-13-15-18-38)55(9)51(64)39(34(2)3)32-43(59)52(7,8)54-44(60)22-25-67-27-29-69-30-28-68-26-24-57-45(61)20-21-46(57)62/h13-15,17-18,20-21,34-36,39-42,48-49,58H,6,12,16,19,22-33H2,1-5,7-11H3,(H,53,70)(H,54,60)/t35-,36+,39-,40-,41-,42+,48-,49+/m0/s1. The van der Waals surface area contributed by atoms with Crippen LogP contribution < -0.4 is 10.6 Å². The number of imide groups is 1. The van der Waals surface area contributed by atoms with E-state index in [0.29, 0.717) is 30.8 Å². The summed E-state index contributed by atoms with van der Waals surface area (Å²) in [5, 5.41) is 16.6. The van der Waals surface area contributed by atoms with Gasteiger partial charge >= 0.3 is 0 Å². The summed E-state index contributed by atoms with van der Waals surface area (Å²) >= 11 is 5.88. The number of hydrogen-bond acceptors (Lipinski definition) is 13. The lowest BCUT2D eigenvalue weighted by molar-refractivity contribution is -0.148. The van der Waals surface area contributed by atoms with Crippen molar-refractivity contribution >= 4 is 52.5 Å². The van der Waals surface area contributed by atoms with Crippen molar-refractivity contribution in [2.24, 2.45) is 23.7 Å². The van der Waals surface area contributed by atoms with Crippen molar-refractivity contribution in [3.05, 3.63) is 60.4 Å². The number of Topliss-reactive ketones (excluding diaryl/α,β-unsaturated/α-hetero) is 1. The summed E-state index contributed by atoms with van der Waals surface area (Å²) in [6.07, 6.45) is 3.93. The first-order valence-electron chi connectivity index (χ1n) is 24.6. The first kappa shape index (κ1) is 59.7. The summed E-state index contributed by atoms with van der Waals surface area (Å²) < 4.78 is 28.6. The third-order valence-corrected chi connectivity index (χ3v) is 14.0. The van der Waals surface area contributed by atoms with Crippen LogP contribution in [0.5, 0.6) is 0 Å². The van der Waals surface area contributed by atoms with E-state index in [9.17, 15) is 33.9 Å². The maximum Gasteiger partial charge on any atom is 0.253 e. The number of carbonyl (C=O) groups excluding carboxylic acids is 6. The third-order valence-electron chi connectivity index (χ3n) is 13.5. The molecule has 1 aromatic rings. The van der Waals surface area contributed by atoms with Crippen molar-refractivity contribution in [2.45, 2.75) is 129 Å². The quantitative estimate of drug-likeness (QED) is 0.0368. The van der Waals surface area contributed by atoms with Crippen LogP contribution >= 0.6 is 12.2 Å². The minimum absolute atomic E-state index is 0.0102. The van der Waals surface area contributed by atoms with Crippen LogP contribution in [0.3, 0.4) is 0 Å². The van der Waals surface area contributed by atoms with Crippen molar-refractivity contribution in [1.29, 1.82) is 0 Å². The molecular formula is C52H81N5O12S. The number of likely N-dealkylation sites (N-methyl/N-ethyl adjacent to an activating group) is 1. The highest BCUT2D eigenvalue weighted by atomic mass is 32.1. The molecule has 5 amide bonds. The molecule has 0 unspecified atom stereocenters. The molecule has 70 heavy (non-hydrogen) atoms. The van der Waals surface area contributed by atoms with Crippen LogP contribution in [0.4, 0.5) is 0 Å². The van der Waals surface area contributed by atoms with Gasteiger partial charge in [-0.2, -0.15) is 0 Å². The van der Waals surface area contributed by atoms with Crippen LogP contribution in [-0.2, 0) is 58.9 Å². The van der Waals surface area contributed by atoms with E-state index in [-0.39, 0.29) is 130 Å². The van der Waals surface area contributed by atoms with Crippen molar-refractivity contribution < 1.29 is 57.6 Å². The van der Waals surface area contributed by atoms with Gasteiger partial charge in [-0.25, -0.2) is 0 Å². The van der Waals surface area contributed by atoms with Crippen LogP contribution in [0.2, 0.25) is 0 Å². The molecule has 0 aromatic heterocycles. The highest BCUT2D eigenvalue weighted by Crippen LogP contribution is 2.31. The van der Waals surface area contributed by atoms with Crippen LogP contribution in [-0.4, -0.2) is 170 Å². The van der Waals surface area contributed by atoms with E-state index in [1.54, 1.807) is 40.0 Å².